The third-order valence-corrected chi connectivity index (χ3v) is 5.71. The molecule has 0 radical (unpaired) electrons. The van der Waals surface area contributed by atoms with Gasteiger partial charge >= 0.3 is 12.1 Å². The number of likely N-dealkylation sites (N-methyl/N-ethyl adjacent to an activating group) is 1. The highest BCUT2D eigenvalue weighted by Crippen LogP contribution is 2.29. The zero-order valence-electron chi connectivity index (χ0n) is 24.3. The second-order valence-electron chi connectivity index (χ2n) is 8.78. The summed E-state index contributed by atoms with van der Waals surface area (Å²) in [5, 5.41) is 2.40. The minimum atomic E-state index is -2.95. The first kappa shape index (κ1) is 25.2. The Labute approximate surface area is 223 Å². The van der Waals surface area contributed by atoms with Crippen LogP contribution in [0.2, 0.25) is 0 Å². The van der Waals surface area contributed by atoms with Crippen LogP contribution < -0.4 is 5.32 Å². The molecule has 0 bridgehead atoms. The molecule has 202 valence electrons. The van der Waals surface area contributed by atoms with Gasteiger partial charge in [-0.15, -0.1) is 18.2 Å². The SMILES string of the molecule is [2H]C([2H])([2H])N(CC(=O)OC1(CCC=C)CCOC1)/C(=N\C(=O)OCc1ccccc1)NC(=O)CCCCCC=C. The number of esters is 1. The van der Waals surface area contributed by atoms with Crippen molar-refractivity contribution in [2.45, 2.75) is 63.6 Å². The highest BCUT2D eigenvalue weighted by molar-refractivity contribution is 6.01. The molecule has 1 N–H and O–H groups in total. The Morgan fingerprint density at radius 3 is 2.65 bits per heavy atom. The van der Waals surface area contributed by atoms with Gasteiger partial charge in [0.15, 0.2) is 0 Å². The molecule has 1 heterocycles. The molecule has 1 unspecified atom stereocenters. The van der Waals surface area contributed by atoms with E-state index < -0.39 is 43.1 Å². The zero-order valence-corrected chi connectivity index (χ0v) is 21.3. The molecule has 1 aromatic rings. The fourth-order valence-electron chi connectivity index (χ4n) is 3.69. The number of carbonyl (C=O) groups excluding carboxylic acids is 3. The molecular weight excluding hydrogens is 474 g/mol. The first-order valence-corrected chi connectivity index (χ1v) is 12.5. The average molecular weight is 517 g/mol. The van der Waals surface area contributed by atoms with Crippen LogP contribution in [0.1, 0.15) is 61.0 Å². The van der Waals surface area contributed by atoms with E-state index in [2.05, 4.69) is 23.5 Å². The van der Waals surface area contributed by atoms with Gasteiger partial charge in [-0.3, -0.25) is 14.9 Å². The van der Waals surface area contributed by atoms with Crippen molar-refractivity contribution >= 4 is 23.9 Å². The van der Waals surface area contributed by atoms with E-state index in [9.17, 15) is 14.4 Å². The third kappa shape index (κ3) is 11.4. The van der Waals surface area contributed by atoms with Crippen molar-refractivity contribution in [2.75, 3.05) is 26.7 Å². The first-order chi connectivity index (χ1) is 19.1. The molecule has 9 heteroatoms. The molecule has 2 rings (SSSR count). The van der Waals surface area contributed by atoms with Gasteiger partial charge < -0.3 is 19.1 Å². The highest BCUT2D eigenvalue weighted by atomic mass is 16.6. The lowest BCUT2D eigenvalue weighted by Gasteiger charge is -2.29. The van der Waals surface area contributed by atoms with E-state index in [0.717, 1.165) is 19.3 Å². The standard InChI is InChI=1S/C28H39N3O6/c1-4-6-8-9-13-16-24(32)29-26(30-27(34)36-21-23-14-11-10-12-15-23)31(3)20-25(33)37-28(17-7-5-2)18-19-35-22-28/h4-5,10-12,14-15H,1-2,6-9,13,16-22H2,3H3,(H,29,30,32,34)/i3D3. The van der Waals surface area contributed by atoms with Gasteiger partial charge in [-0.1, -0.05) is 48.9 Å². The summed E-state index contributed by atoms with van der Waals surface area (Å²) >= 11 is 0. The van der Waals surface area contributed by atoms with Gasteiger partial charge in [0.1, 0.15) is 18.8 Å². The highest BCUT2D eigenvalue weighted by Gasteiger charge is 2.38. The number of amides is 2. The number of carbonyl (C=O) groups is 3. The van der Waals surface area contributed by atoms with Crippen LogP contribution in [0, 0.1) is 0 Å². The summed E-state index contributed by atoms with van der Waals surface area (Å²) < 4.78 is 40.3. The van der Waals surface area contributed by atoms with Gasteiger partial charge in [0.2, 0.25) is 11.9 Å². The number of aliphatic imine (C=N–C) groups is 1. The van der Waals surface area contributed by atoms with E-state index in [1.54, 1.807) is 42.5 Å². The van der Waals surface area contributed by atoms with Gasteiger partial charge in [-0.25, -0.2) is 4.79 Å². The van der Waals surface area contributed by atoms with Crippen molar-refractivity contribution in [3.05, 3.63) is 61.2 Å². The van der Waals surface area contributed by atoms with E-state index in [-0.39, 0.29) is 19.6 Å². The molecule has 1 fully saturated rings. The van der Waals surface area contributed by atoms with Crippen molar-refractivity contribution in [3.63, 3.8) is 0 Å². The predicted octanol–water partition coefficient (Wildman–Crippen LogP) is 4.53. The quantitative estimate of drug-likeness (QED) is 0.127. The van der Waals surface area contributed by atoms with Crippen LogP contribution in [-0.4, -0.2) is 61.2 Å². The molecule has 1 aliphatic rings. The monoisotopic (exact) mass is 516 g/mol. The Kier molecular flexibility index (Phi) is 11.1. The molecule has 0 aromatic heterocycles. The summed E-state index contributed by atoms with van der Waals surface area (Å²) in [6, 6.07) is 8.83. The Bertz CT molecular complexity index is 1020. The van der Waals surface area contributed by atoms with E-state index in [4.69, 9.17) is 18.3 Å². The van der Waals surface area contributed by atoms with Crippen LogP contribution in [0.5, 0.6) is 0 Å². The number of rotatable bonds is 14. The molecule has 1 aromatic carbocycles. The molecule has 1 saturated heterocycles. The molecule has 9 nitrogen and oxygen atoms in total. The smallest absolute Gasteiger partial charge is 0.437 e. The maximum absolute atomic E-state index is 13.0. The minimum Gasteiger partial charge on any atom is -0.455 e. The molecular formula is C28H39N3O6. The van der Waals surface area contributed by atoms with Crippen LogP contribution >= 0.6 is 0 Å². The van der Waals surface area contributed by atoms with E-state index in [0.29, 0.717) is 42.8 Å². The van der Waals surface area contributed by atoms with Crippen molar-refractivity contribution in [3.8, 4) is 0 Å². The molecule has 0 aliphatic carbocycles. The predicted molar refractivity (Wildman–Crippen MR) is 142 cm³/mol. The maximum Gasteiger partial charge on any atom is 0.437 e. The third-order valence-electron chi connectivity index (χ3n) is 5.71. The topological polar surface area (TPSA) is 107 Å². The normalized spacial score (nSPS) is 18.6. The van der Waals surface area contributed by atoms with Gasteiger partial charge in [0.05, 0.1) is 13.2 Å². The van der Waals surface area contributed by atoms with Gasteiger partial charge in [0, 0.05) is 23.9 Å². The van der Waals surface area contributed by atoms with Crippen LogP contribution in [0.4, 0.5) is 4.79 Å². The number of allylic oxidation sites excluding steroid dienone is 2. The van der Waals surface area contributed by atoms with Gasteiger partial charge in [0.25, 0.3) is 0 Å². The van der Waals surface area contributed by atoms with Crippen molar-refractivity contribution < 1.29 is 32.7 Å². The Hall–Kier alpha value is -3.46. The van der Waals surface area contributed by atoms with Gasteiger partial charge in [-0.05, 0) is 37.7 Å². The fraction of sp³-hybridized carbons (Fsp3) is 0.500. The van der Waals surface area contributed by atoms with Crippen molar-refractivity contribution in [2.24, 2.45) is 4.99 Å². The first-order valence-electron chi connectivity index (χ1n) is 14.0. The maximum atomic E-state index is 13.0. The van der Waals surface area contributed by atoms with Crippen molar-refractivity contribution in [1.29, 1.82) is 0 Å². The van der Waals surface area contributed by atoms with Crippen LogP contribution in [0.3, 0.4) is 0 Å². The van der Waals surface area contributed by atoms with E-state index in [1.807, 2.05) is 0 Å². The Morgan fingerprint density at radius 2 is 1.97 bits per heavy atom. The summed E-state index contributed by atoms with van der Waals surface area (Å²) in [6.45, 7) is 4.07. The van der Waals surface area contributed by atoms with Crippen LogP contribution in [0.25, 0.3) is 0 Å². The van der Waals surface area contributed by atoms with Gasteiger partial charge in [-0.2, -0.15) is 0 Å². The summed E-state index contributed by atoms with van der Waals surface area (Å²) in [6.07, 6.45) is 6.88. The Balaban J connectivity index is 2.22. The van der Waals surface area contributed by atoms with Crippen LogP contribution in [0.15, 0.2) is 60.6 Å². The summed E-state index contributed by atoms with van der Waals surface area (Å²) in [5.74, 6) is -2.04. The lowest BCUT2D eigenvalue weighted by Crippen LogP contribution is -2.46. The number of ether oxygens (including phenoxy) is 3. The van der Waals surface area contributed by atoms with E-state index >= 15 is 0 Å². The number of nitrogens with one attached hydrogen (secondary N) is 1. The number of hydrogen-bond acceptors (Lipinski definition) is 6. The summed E-state index contributed by atoms with van der Waals surface area (Å²) in [4.78, 5) is 42.6. The molecule has 1 aliphatic heterocycles. The summed E-state index contributed by atoms with van der Waals surface area (Å²) in [7, 11) is 0. The molecule has 0 spiro atoms. The number of nitrogens with zero attached hydrogens (tertiary/aromatic N) is 2. The minimum absolute atomic E-state index is 0.0660. The molecule has 2 amide bonds. The van der Waals surface area contributed by atoms with Crippen molar-refractivity contribution in [1.82, 2.24) is 10.2 Å². The molecule has 1 atom stereocenters. The average Bonchev–Trinajstić information content (AvgIpc) is 3.37. The second-order valence-corrected chi connectivity index (χ2v) is 8.78. The number of unbranched alkanes of at least 4 members (excludes halogenated alkanes) is 3. The largest absolute Gasteiger partial charge is 0.455 e. The number of guanidine groups is 1. The Morgan fingerprint density at radius 1 is 1.19 bits per heavy atom. The van der Waals surface area contributed by atoms with E-state index in [1.165, 1.54) is 0 Å². The lowest BCUT2D eigenvalue weighted by atomic mass is 9.96. The molecule has 0 saturated carbocycles. The number of benzene rings is 1. The lowest BCUT2D eigenvalue weighted by molar-refractivity contribution is -0.160. The fourth-order valence-corrected chi connectivity index (χ4v) is 3.69. The zero-order chi connectivity index (χ0) is 29.4. The number of hydrogen-bond donors (Lipinski definition) is 1. The molecule has 37 heavy (non-hydrogen) atoms. The second kappa shape index (κ2) is 16.3. The van der Waals surface area contributed by atoms with Crippen LogP contribution in [-0.2, 0) is 30.4 Å². The summed E-state index contributed by atoms with van der Waals surface area (Å²) in [5.41, 5.74) is -0.220.